The van der Waals surface area contributed by atoms with Gasteiger partial charge in [0.15, 0.2) is 0 Å². The molecule has 0 fully saturated rings. The lowest BCUT2D eigenvalue weighted by Gasteiger charge is -2.03. The molecule has 0 aromatic carbocycles. The number of hydrogen-bond donors (Lipinski definition) is 1. The van der Waals surface area contributed by atoms with Gasteiger partial charge in [0.2, 0.25) is 0 Å². The molecule has 5 heteroatoms. The zero-order valence-electron chi connectivity index (χ0n) is 13.8. The van der Waals surface area contributed by atoms with Crippen molar-refractivity contribution in [2.24, 2.45) is 0 Å². The molecular weight excluding hydrogens is 278 g/mol. The summed E-state index contributed by atoms with van der Waals surface area (Å²) < 4.78 is 1.90. The lowest BCUT2D eigenvalue weighted by Crippen LogP contribution is -1.98. The molecule has 0 amide bonds. The topological polar surface area (TPSA) is 68.0 Å². The van der Waals surface area contributed by atoms with Crippen LogP contribution in [0.4, 0.5) is 0 Å². The number of hydrogen-bond acceptors (Lipinski definition) is 3. The highest BCUT2D eigenvalue weighted by molar-refractivity contribution is 5.66. The van der Waals surface area contributed by atoms with E-state index in [-0.39, 0.29) is 0 Å². The Kier molecular flexibility index (Phi) is 11.3. The molecule has 0 radical (unpaired) electrons. The number of rotatable bonds is 15. The van der Waals surface area contributed by atoms with E-state index in [0.29, 0.717) is 6.42 Å². The summed E-state index contributed by atoms with van der Waals surface area (Å²) in [5.74, 6) is -0.665. The first-order valence-corrected chi connectivity index (χ1v) is 8.85. The van der Waals surface area contributed by atoms with Gasteiger partial charge in [-0.05, 0) is 12.8 Å². The van der Waals surface area contributed by atoms with Gasteiger partial charge in [-0.3, -0.25) is 9.48 Å². The molecular formula is C17H31N3O2. The number of aromatic nitrogens is 3. The monoisotopic (exact) mass is 309 g/mol. The van der Waals surface area contributed by atoms with Crippen molar-refractivity contribution in [3.05, 3.63) is 12.4 Å². The molecule has 0 aliphatic carbocycles. The molecule has 0 aliphatic heterocycles. The van der Waals surface area contributed by atoms with E-state index in [1.54, 1.807) is 6.20 Å². The first-order chi connectivity index (χ1) is 10.8. The zero-order chi connectivity index (χ0) is 15.9. The summed E-state index contributed by atoms with van der Waals surface area (Å²) >= 11 is 0. The number of aryl methyl sites for hydroxylation is 1. The minimum Gasteiger partial charge on any atom is -0.481 e. The summed E-state index contributed by atoms with van der Waals surface area (Å²) in [5.41, 5.74) is 0. The molecule has 0 aliphatic rings. The predicted octanol–water partition coefficient (Wildman–Crippen LogP) is 4.43. The quantitative estimate of drug-likeness (QED) is 0.486. The second kappa shape index (κ2) is 13.3. The van der Waals surface area contributed by atoms with Gasteiger partial charge in [0.25, 0.3) is 0 Å². The summed E-state index contributed by atoms with van der Waals surface area (Å²) in [6.07, 6.45) is 18.8. The summed E-state index contributed by atoms with van der Waals surface area (Å²) in [6.45, 7) is 0.988. The molecule has 0 unspecified atom stereocenters. The van der Waals surface area contributed by atoms with Crippen molar-refractivity contribution < 1.29 is 9.90 Å². The van der Waals surface area contributed by atoms with Gasteiger partial charge in [-0.15, -0.1) is 5.10 Å². The highest BCUT2D eigenvalue weighted by Crippen LogP contribution is 2.12. The second-order valence-corrected chi connectivity index (χ2v) is 6.05. The van der Waals surface area contributed by atoms with Gasteiger partial charge >= 0.3 is 5.97 Å². The molecule has 0 atom stereocenters. The smallest absolute Gasteiger partial charge is 0.303 e. The fraction of sp³-hybridized carbons (Fsp3) is 0.824. The van der Waals surface area contributed by atoms with Crippen LogP contribution in [0.25, 0.3) is 0 Å². The summed E-state index contributed by atoms with van der Waals surface area (Å²) in [6, 6.07) is 0. The highest BCUT2D eigenvalue weighted by atomic mass is 16.4. The largest absolute Gasteiger partial charge is 0.481 e. The molecule has 1 heterocycles. The van der Waals surface area contributed by atoms with Crippen molar-refractivity contribution in [2.75, 3.05) is 0 Å². The van der Waals surface area contributed by atoms with Gasteiger partial charge in [-0.25, -0.2) is 0 Å². The summed E-state index contributed by atoms with van der Waals surface area (Å²) in [7, 11) is 0. The van der Waals surface area contributed by atoms with Crippen LogP contribution in [0.2, 0.25) is 0 Å². The average Bonchev–Trinajstić information content (AvgIpc) is 3.00. The van der Waals surface area contributed by atoms with Gasteiger partial charge in [-0.1, -0.05) is 69.4 Å². The molecule has 1 aromatic rings. The molecule has 1 N–H and O–H groups in total. The normalized spacial score (nSPS) is 10.9. The van der Waals surface area contributed by atoms with Crippen LogP contribution in [0, 0.1) is 0 Å². The second-order valence-electron chi connectivity index (χ2n) is 6.05. The summed E-state index contributed by atoms with van der Waals surface area (Å²) in [4.78, 5) is 10.4. The SMILES string of the molecule is O=C(O)CCCCCCCCCCCCCCn1ccnn1. The van der Waals surface area contributed by atoms with Gasteiger partial charge in [0.1, 0.15) is 0 Å². The molecule has 0 saturated heterocycles. The Morgan fingerprint density at radius 2 is 1.32 bits per heavy atom. The zero-order valence-corrected chi connectivity index (χ0v) is 13.8. The lowest BCUT2D eigenvalue weighted by atomic mass is 10.0. The Morgan fingerprint density at radius 3 is 1.77 bits per heavy atom. The first kappa shape index (κ1) is 18.7. The standard InChI is InChI=1S/C17H31N3O2/c21-17(22)13-11-9-7-5-3-1-2-4-6-8-10-12-15-20-16-14-18-19-20/h14,16H,1-13,15H2,(H,21,22). The molecule has 22 heavy (non-hydrogen) atoms. The van der Waals surface area contributed by atoms with Crippen LogP contribution in [0.1, 0.15) is 83.5 Å². The number of carboxylic acid groups (broad SMARTS) is 1. The van der Waals surface area contributed by atoms with Gasteiger partial charge in [-0.2, -0.15) is 0 Å². The maximum Gasteiger partial charge on any atom is 0.303 e. The number of aliphatic carboxylic acids is 1. The summed E-state index contributed by atoms with van der Waals surface area (Å²) in [5, 5.41) is 16.3. The third kappa shape index (κ3) is 11.3. The Hall–Kier alpha value is -1.39. The third-order valence-corrected chi connectivity index (χ3v) is 4.00. The van der Waals surface area contributed by atoms with Gasteiger partial charge < -0.3 is 5.11 Å². The maximum absolute atomic E-state index is 10.4. The lowest BCUT2D eigenvalue weighted by molar-refractivity contribution is -0.137. The third-order valence-electron chi connectivity index (χ3n) is 4.00. The fourth-order valence-corrected chi connectivity index (χ4v) is 2.67. The molecule has 0 spiro atoms. The van der Waals surface area contributed by atoms with Crippen molar-refractivity contribution in [3.63, 3.8) is 0 Å². The minimum atomic E-state index is -0.665. The van der Waals surface area contributed by atoms with Crippen molar-refractivity contribution in [1.29, 1.82) is 0 Å². The van der Waals surface area contributed by atoms with Crippen LogP contribution in [0.5, 0.6) is 0 Å². The van der Waals surface area contributed by atoms with Gasteiger partial charge in [0, 0.05) is 19.2 Å². The molecule has 0 bridgehead atoms. The van der Waals surface area contributed by atoms with Gasteiger partial charge in [0.05, 0.1) is 6.20 Å². The number of carbonyl (C=O) groups is 1. The van der Waals surface area contributed by atoms with E-state index in [1.807, 2.05) is 10.9 Å². The van der Waals surface area contributed by atoms with Crippen LogP contribution < -0.4 is 0 Å². The van der Waals surface area contributed by atoms with Crippen molar-refractivity contribution in [3.8, 4) is 0 Å². The van der Waals surface area contributed by atoms with Crippen LogP contribution in [-0.2, 0) is 11.3 Å². The van der Waals surface area contributed by atoms with Crippen molar-refractivity contribution in [1.82, 2.24) is 15.0 Å². The molecule has 126 valence electrons. The van der Waals surface area contributed by atoms with Crippen LogP contribution in [0.15, 0.2) is 12.4 Å². The van der Waals surface area contributed by atoms with Crippen LogP contribution in [-0.4, -0.2) is 26.1 Å². The number of nitrogens with zero attached hydrogens (tertiary/aromatic N) is 3. The van der Waals surface area contributed by atoms with E-state index >= 15 is 0 Å². The Balaban J connectivity index is 1.70. The molecule has 1 aromatic heterocycles. The predicted molar refractivity (Wildman–Crippen MR) is 87.7 cm³/mol. The highest BCUT2D eigenvalue weighted by Gasteiger charge is 1.97. The molecule has 1 rings (SSSR count). The van der Waals surface area contributed by atoms with E-state index < -0.39 is 5.97 Å². The minimum absolute atomic E-state index is 0.330. The maximum atomic E-state index is 10.4. The number of carboxylic acids is 1. The fourth-order valence-electron chi connectivity index (χ4n) is 2.67. The Bertz CT molecular complexity index is 366. The Labute approximate surface area is 134 Å². The van der Waals surface area contributed by atoms with E-state index in [2.05, 4.69) is 10.3 Å². The average molecular weight is 309 g/mol. The van der Waals surface area contributed by atoms with E-state index in [9.17, 15) is 4.79 Å². The molecule has 5 nitrogen and oxygen atoms in total. The van der Waals surface area contributed by atoms with Crippen LogP contribution in [0.3, 0.4) is 0 Å². The van der Waals surface area contributed by atoms with Crippen LogP contribution >= 0.6 is 0 Å². The molecule has 0 saturated carbocycles. The van der Waals surface area contributed by atoms with E-state index in [1.165, 1.54) is 64.2 Å². The van der Waals surface area contributed by atoms with E-state index in [4.69, 9.17) is 5.11 Å². The van der Waals surface area contributed by atoms with Crippen molar-refractivity contribution >= 4 is 5.97 Å². The Morgan fingerprint density at radius 1 is 0.818 bits per heavy atom. The number of unbranched alkanes of at least 4 members (excludes halogenated alkanes) is 11. The van der Waals surface area contributed by atoms with Crippen molar-refractivity contribution in [2.45, 2.75) is 90.0 Å². The van der Waals surface area contributed by atoms with E-state index in [0.717, 1.165) is 19.4 Å². The first-order valence-electron chi connectivity index (χ1n) is 8.85.